The molecule has 0 aliphatic carbocycles. The topological polar surface area (TPSA) is 0 Å². The van der Waals surface area contributed by atoms with Crippen LogP contribution in [-0.4, -0.2) is 0 Å². The largest absolute Gasteiger partial charge is 0.0947 e. The molecule has 76 valence electrons. The molecule has 0 saturated heterocycles. The average Bonchev–Trinajstić information content (AvgIpc) is 2.06. The van der Waals surface area contributed by atoms with Gasteiger partial charge < -0.3 is 0 Å². The molecule has 0 radical (unpaired) electrons. The second kappa shape index (κ2) is 3.78. The molecule has 0 amide bonds. The summed E-state index contributed by atoms with van der Waals surface area (Å²) < 4.78 is 0. The fourth-order valence-electron chi connectivity index (χ4n) is 1.32. The van der Waals surface area contributed by atoms with Gasteiger partial charge in [-0.25, -0.2) is 0 Å². The van der Waals surface area contributed by atoms with E-state index in [1.807, 2.05) is 18.2 Å². The summed E-state index contributed by atoms with van der Waals surface area (Å²) in [4.78, 5) is 0. The van der Waals surface area contributed by atoms with Crippen molar-refractivity contribution in [2.75, 3.05) is 0 Å². The molecule has 0 aliphatic rings. The molecule has 0 aromatic heterocycles. The van der Waals surface area contributed by atoms with Gasteiger partial charge in [0.15, 0.2) is 0 Å². The first-order valence-corrected chi connectivity index (χ1v) is 5.16. The highest BCUT2D eigenvalue weighted by molar-refractivity contribution is 6.30. The SMILES string of the molecule is C=C(c1cc(Cl)ccc1C)C(C)(C)C. The van der Waals surface area contributed by atoms with E-state index in [9.17, 15) is 0 Å². The summed E-state index contributed by atoms with van der Waals surface area (Å²) in [6.45, 7) is 12.7. The second-order valence-corrected chi connectivity index (χ2v) is 5.12. The van der Waals surface area contributed by atoms with E-state index in [4.69, 9.17) is 11.6 Å². The van der Waals surface area contributed by atoms with E-state index in [0.717, 1.165) is 10.6 Å². The van der Waals surface area contributed by atoms with Crippen LogP contribution in [0.4, 0.5) is 0 Å². The van der Waals surface area contributed by atoms with Crippen molar-refractivity contribution in [2.24, 2.45) is 5.41 Å². The molecule has 1 heteroatoms. The molecule has 1 aromatic rings. The number of hydrogen-bond donors (Lipinski definition) is 0. The number of halogens is 1. The zero-order chi connectivity index (χ0) is 10.9. The first-order valence-electron chi connectivity index (χ1n) is 4.78. The van der Waals surface area contributed by atoms with Crippen LogP contribution in [0.5, 0.6) is 0 Å². The number of allylic oxidation sites excluding steroid dienone is 1. The fraction of sp³-hybridized carbons (Fsp3) is 0.385. The van der Waals surface area contributed by atoms with Gasteiger partial charge in [-0.3, -0.25) is 0 Å². The van der Waals surface area contributed by atoms with Crippen LogP contribution in [0.25, 0.3) is 5.57 Å². The molecular formula is C13H17Cl. The lowest BCUT2D eigenvalue weighted by Gasteiger charge is -2.23. The minimum atomic E-state index is 0.0927. The minimum absolute atomic E-state index is 0.0927. The van der Waals surface area contributed by atoms with Crippen LogP contribution in [0.1, 0.15) is 31.9 Å². The van der Waals surface area contributed by atoms with Crippen molar-refractivity contribution in [3.63, 3.8) is 0 Å². The minimum Gasteiger partial charge on any atom is -0.0947 e. The lowest BCUT2D eigenvalue weighted by molar-refractivity contribution is 0.567. The highest BCUT2D eigenvalue weighted by Gasteiger charge is 2.17. The summed E-state index contributed by atoms with van der Waals surface area (Å²) >= 11 is 5.97. The Morgan fingerprint density at radius 2 is 1.86 bits per heavy atom. The zero-order valence-electron chi connectivity index (χ0n) is 9.32. The van der Waals surface area contributed by atoms with Crippen molar-refractivity contribution in [3.8, 4) is 0 Å². The van der Waals surface area contributed by atoms with Gasteiger partial charge in [0.1, 0.15) is 0 Å². The van der Waals surface area contributed by atoms with Gasteiger partial charge in [0.2, 0.25) is 0 Å². The van der Waals surface area contributed by atoms with Crippen LogP contribution in [0, 0.1) is 12.3 Å². The predicted octanol–water partition coefficient (Wildman–Crippen LogP) is 4.71. The third-order valence-electron chi connectivity index (χ3n) is 2.43. The molecule has 0 unspecified atom stereocenters. The first-order chi connectivity index (χ1) is 6.32. The Kier molecular flexibility index (Phi) is 3.06. The van der Waals surface area contributed by atoms with Gasteiger partial charge in [0, 0.05) is 5.02 Å². The van der Waals surface area contributed by atoms with Gasteiger partial charge >= 0.3 is 0 Å². The quantitative estimate of drug-likeness (QED) is 0.627. The molecule has 14 heavy (non-hydrogen) atoms. The van der Waals surface area contributed by atoms with Gasteiger partial charge in [-0.15, -0.1) is 0 Å². The molecule has 1 rings (SSSR count). The van der Waals surface area contributed by atoms with Crippen molar-refractivity contribution in [2.45, 2.75) is 27.7 Å². The van der Waals surface area contributed by atoms with E-state index in [2.05, 4.69) is 34.3 Å². The molecule has 0 spiro atoms. The van der Waals surface area contributed by atoms with Crippen molar-refractivity contribution in [3.05, 3.63) is 40.9 Å². The number of hydrogen-bond acceptors (Lipinski definition) is 0. The van der Waals surface area contributed by atoms with Crippen LogP contribution in [0.3, 0.4) is 0 Å². The summed E-state index contributed by atoms with van der Waals surface area (Å²) in [6, 6.07) is 5.94. The van der Waals surface area contributed by atoms with E-state index in [1.54, 1.807) is 0 Å². The Morgan fingerprint density at radius 3 is 2.36 bits per heavy atom. The summed E-state index contributed by atoms with van der Waals surface area (Å²) in [5.41, 5.74) is 3.63. The third kappa shape index (κ3) is 2.39. The normalized spacial score (nSPS) is 11.5. The summed E-state index contributed by atoms with van der Waals surface area (Å²) in [6.07, 6.45) is 0. The molecule has 0 saturated carbocycles. The lowest BCUT2D eigenvalue weighted by Crippen LogP contribution is -2.08. The van der Waals surface area contributed by atoms with Crippen LogP contribution < -0.4 is 0 Å². The van der Waals surface area contributed by atoms with E-state index in [1.165, 1.54) is 11.1 Å². The van der Waals surface area contributed by atoms with Crippen LogP contribution in [0.15, 0.2) is 24.8 Å². The standard InChI is InChI=1S/C13H17Cl/c1-9-6-7-11(14)8-12(9)10(2)13(3,4)5/h6-8H,2H2,1,3-5H3. The van der Waals surface area contributed by atoms with Crippen molar-refractivity contribution < 1.29 is 0 Å². The maximum Gasteiger partial charge on any atom is 0.0412 e. The Hall–Kier alpha value is -0.750. The molecule has 0 nitrogen and oxygen atoms in total. The van der Waals surface area contributed by atoms with Crippen molar-refractivity contribution in [1.82, 2.24) is 0 Å². The van der Waals surface area contributed by atoms with E-state index in [0.29, 0.717) is 0 Å². The maximum absolute atomic E-state index is 5.97. The van der Waals surface area contributed by atoms with E-state index < -0.39 is 0 Å². The molecule has 0 fully saturated rings. The number of rotatable bonds is 1. The monoisotopic (exact) mass is 208 g/mol. The number of aryl methyl sites for hydroxylation is 1. The van der Waals surface area contributed by atoms with E-state index in [-0.39, 0.29) is 5.41 Å². The lowest BCUT2D eigenvalue weighted by atomic mass is 9.82. The zero-order valence-corrected chi connectivity index (χ0v) is 10.1. The molecule has 0 atom stereocenters. The third-order valence-corrected chi connectivity index (χ3v) is 2.67. The van der Waals surface area contributed by atoms with Gasteiger partial charge in [0.25, 0.3) is 0 Å². The Bertz CT molecular complexity index is 356. The molecule has 0 aliphatic heterocycles. The van der Waals surface area contributed by atoms with Crippen molar-refractivity contribution in [1.29, 1.82) is 0 Å². The summed E-state index contributed by atoms with van der Waals surface area (Å²) in [7, 11) is 0. The van der Waals surface area contributed by atoms with Gasteiger partial charge in [-0.1, -0.05) is 45.0 Å². The highest BCUT2D eigenvalue weighted by Crippen LogP contribution is 2.34. The van der Waals surface area contributed by atoms with Gasteiger partial charge in [-0.05, 0) is 41.2 Å². The van der Waals surface area contributed by atoms with Gasteiger partial charge in [0.05, 0.1) is 0 Å². The number of benzene rings is 1. The Balaban J connectivity index is 3.19. The smallest absolute Gasteiger partial charge is 0.0412 e. The molecule has 1 aromatic carbocycles. The predicted molar refractivity (Wildman–Crippen MR) is 64.7 cm³/mol. The molecule has 0 heterocycles. The fourth-order valence-corrected chi connectivity index (χ4v) is 1.50. The maximum atomic E-state index is 5.97. The first kappa shape index (κ1) is 11.3. The second-order valence-electron chi connectivity index (χ2n) is 4.69. The average molecular weight is 209 g/mol. The molecular weight excluding hydrogens is 192 g/mol. The van der Waals surface area contributed by atoms with Crippen LogP contribution in [0.2, 0.25) is 5.02 Å². The van der Waals surface area contributed by atoms with Gasteiger partial charge in [-0.2, -0.15) is 0 Å². The van der Waals surface area contributed by atoms with Crippen LogP contribution in [-0.2, 0) is 0 Å². The molecule has 0 bridgehead atoms. The van der Waals surface area contributed by atoms with E-state index >= 15 is 0 Å². The molecule has 0 N–H and O–H groups in total. The Morgan fingerprint density at radius 1 is 1.29 bits per heavy atom. The van der Waals surface area contributed by atoms with Crippen LogP contribution >= 0.6 is 11.6 Å². The summed E-state index contributed by atoms with van der Waals surface area (Å²) in [5, 5.41) is 0.774. The van der Waals surface area contributed by atoms with Crippen molar-refractivity contribution >= 4 is 17.2 Å². The Labute approximate surface area is 91.6 Å². The highest BCUT2D eigenvalue weighted by atomic mass is 35.5. The summed E-state index contributed by atoms with van der Waals surface area (Å²) in [5.74, 6) is 0.